The quantitative estimate of drug-likeness (QED) is 0.691. The number of hydrogen-bond acceptors (Lipinski definition) is 5. The minimum atomic E-state index is -3.82. The Morgan fingerprint density at radius 3 is 2.18 bits per heavy atom. The molecule has 2 aromatic carbocycles. The summed E-state index contributed by atoms with van der Waals surface area (Å²) in [5, 5.41) is 0. The summed E-state index contributed by atoms with van der Waals surface area (Å²) in [5.74, 6) is 0.991. The minimum absolute atomic E-state index is 0.0714. The standard InChI is InChI=1S/C20H26N2O5S/c1-5-27-18-8-6-16(7-9-18)14-22(3)20(23)15(2)21-28(24,25)19-12-10-17(26-4)11-13-19/h6-13,15,21H,5,14H2,1-4H3/t15-/m0/s1. The second-order valence-electron chi connectivity index (χ2n) is 6.29. The van der Waals surface area contributed by atoms with Crippen molar-refractivity contribution in [3.8, 4) is 11.5 Å². The lowest BCUT2D eigenvalue weighted by Crippen LogP contribution is -2.45. The van der Waals surface area contributed by atoms with Gasteiger partial charge in [0.1, 0.15) is 11.5 Å². The van der Waals surface area contributed by atoms with Gasteiger partial charge in [-0.25, -0.2) is 8.42 Å². The third-order valence-electron chi connectivity index (χ3n) is 4.10. The number of ether oxygens (including phenoxy) is 2. The zero-order valence-corrected chi connectivity index (χ0v) is 17.3. The minimum Gasteiger partial charge on any atom is -0.497 e. The molecule has 0 heterocycles. The summed E-state index contributed by atoms with van der Waals surface area (Å²) >= 11 is 0. The summed E-state index contributed by atoms with van der Waals surface area (Å²) in [4.78, 5) is 14.1. The zero-order chi connectivity index (χ0) is 20.7. The lowest BCUT2D eigenvalue weighted by Gasteiger charge is -2.22. The first-order valence-corrected chi connectivity index (χ1v) is 10.4. The maximum atomic E-state index is 12.6. The number of hydrogen-bond donors (Lipinski definition) is 1. The predicted octanol–water partition coefficient (Wildman–Crippen LogP) is 2.42. The van der Waals surface area contributed by atoms with Crippen LogP contribution in [0.4, 0.5) is 0 Å². The number of benzene rings is 2. The van der Waals surface area contributed by atoms with E-state index in [0.29, 0.717) is 18.9 Å². The van der Waals surface area contributed by atoms with Gasteiger partial charge in [0.15, 0.2) is 0 Å². The van der Waals surface area contributed by atoms with Crippen LogP contribution in [0.3, 0.4) is 0 Å². The van der Waals surface area contributed by atoms with Crippen molar-refractivity contribution in [1.82, 2.24) is 9.62 Å². The molecule has 0 bridgehead atoms. The van der Waals surface area contributed by atoms with Crippen molar-refractivity contribution in [3.05, 3.63) is 54.1 Å². The molecule has 0 radical (unpaired) electrons. The first-order valence-electron chi connectivity index (χ1n) is 8.90. The smallest absolute Gasteiger partial charge is 0.241 e. The van der Waals surface area contributed by atoms with E-state index in [1.54, 1.807) is 19.2 Å². The molecule has 2 rings (SSSR count). The summed E-state index contributed by atoms with van der Waals surface area (Å²) in [7, 11) is -0.679. The fraction of sp³-hybridized carbons (Fsp3) is 0.350. The molecular weight excluding hydrogens is 380 g/mol. The fourth-order valence-electron chi connectivity index (χ4n) is 2.65. The van der Waals surface area contributed by atoms with Gasteiger partial charge in [0.25, 0.3) is 0 Å². The van der Waals surface area contributed by atoms with Crippen LogP contribution in [-0.2, 0) is 21.4 Å². The van der Waals surface area contributed by atoms with Crippen LogP contribution in [0.5, 0.6) is 11.5 Å². The monoisotopic (exact) mass is 406 g/mol. The molecule has 2 aromatic rings. The lowest BCUT2D eigenvalue weighted by atomic mass is 10.2. The van der Waals surface area contributed by atoms with E-state index in [0.717, 1.165) is 11.3 Å². The number of nitrogens with one attached hydrogen (secondary N) is 1. The summed E-state index contributed by atoms with van der Waals surface area (Å²) < 4.78 is 37.8. The number of nitrogens with zero attached hydrogens (tertiary/aromatic N) is 1. The Hall–Kier alpha value is -2.58. The van der Waals surface area contributed by atoms with Gasteiger partial charge >= 0.3 is 0 Å². The van der Waals surface area contributed by atoms with Gasteiger partial charge in [-0.1, -0.05) is 12.1 Å². The second kappa shape index (κ2) is 9.57. The molecular formula is C20H26N2O5S. The molecule has 0 unspecified atom stereocenters. The van der Waals surface area contributed by atoms with Crippen LogP contribution in [-0.4, -0.2) is 46.0 Å². The normalized spacial score (nSPS) is 12.3. The SMILES string of the molecule is CCOc1ccc(CN(C)C(=O)[C@H](C)NS(=O)(=O)c2ccc(OC)cc2)cc1. The van der Waals surface area contributed by atoms with E-state index >= 15 is 0 Å². The van der Waals surface area contributed by atoms with E-state index in [9.17, 15) is 13.2 Å². The van der Waals surface area contributed by atoms with Gasteiger partial charge in [0, 0.05) is 13.6 Å². The van der Waals surface area contributed by atoms with Gasteiger partial charge in [-0.2, -0.15) is 4.72 Å². The molecule has 28 heavy (non-hydrogen) atoms. The number of carbonyl (C=O) groups is 1. The number of amides is 1. The first kappa shape index (κ1) is 21.7. The van der Waals surface area contributed by atoms with Crippen LogP contribution in [0.1, 0.15) is 19.4 Å². The third-order valence-corrected chi connectivity index (χ3v) is 5.66. The van der Waals surface area contributed by atoms with E-state index in [4.69, 9.17) is 9.47 Å². The van der Waals surface area contributed by atoms with Crippen LogP contribution in [0.15, 0.2) is 53.4 Å². The zero-order valence-electron chi connectivity index (χ0n) is 16.5. The van der Waals surface area contributed by atoms with Crippen molar-refractivity contribution >= 4 is 15.9 Å². The first-order chi connectivity index (χ1) is 13.3. The molecule has 0 aliphatic rings. The van der Waals surface area contributed by atoms with Crippen molar-refractivity contribution in [3.63, 3.8) is 0 Å². The maximum absolute atomic E-state index is 12.6. The van der Waals surface area contributed by atoms with Crippen LogP contribution in [0.2, 0.25) is 0 Å². The Morgan fingerprint density at radius 2 is 1.64 bits per heavy atom. The van der Waals surface area contributed by atoms with E-state index in [2.05, 4.69) is 4.72 Å². The van der Waals surface area contributed by atoms with E-state index in [-0.39, 0.29) is 10.8 Å². The molecule has 1 amide bonds. The Morgan fingerprint density at radius 1 is 1.07 bits per heavy atom. The Kier molecular flexibility index (Phi) is 7.42. The Labute approximate surface area is 166 Å². The molecule has 0 fully saturated rings. The molecule has 0 saturated carbocycles. The topological polar surface area (TPSA) is 84.9 Å². The van der Waals surface area contributed by atoms with Crippen LogP contribution in [0, 0.1) is 0 Å². The molecule has 1 atom stereocenters. The average Bonchev–Trinajstić information content (AvgIpc) is 2.68. The number of likely N-dealkylation sites (N-methyl/N-ethyl adjacent to an activating group) is 1. The van der Waals surface area contributed by atoms with Crippen LogP contribution in [0.25, 0.3) is 0 Å². The fourth-order valence-corrected chi connectivity index (χ4v) is 3.84. The molecule has 0 aromatic heterocycles. The summed E-state index contributed by atoms with van der Waals surface area (Å²) in [6, 6.07) is 12.5. The largest absolute Gasteiger partial charge is 0.497 e. The predicted molar refractivity (Wildman–Crippen MR) is 107 cm³/mol. The Bertz CT molecular complexity index is 880. The third kappa shape index (κ3) is 5.71. The van der Waals surface area contributed by atoms with Gasteiger partial charge < -0.3 is 14.4 Å². The molecule has 0 aliphatic carbocycles. The van der Waals surface area contributed by atoms with Crippen molar-refractivity contribution in [2.24, 2.45) is 0 Å². The van der Waals surface area contributed by atoms with Crippen molar-refractivity contribution in [2.45, 2.75) is 31.3 Å². The van der Waals surface area contributed by atoms with Gasteiger partial charge in [0.05, 0.1) is 24.7 Å². The summed E-state index contributed by atoms with van der Waals surface area (Å²) in [5.41, 5.74) is 0.921. The summed E-state index contributed by atoms with van der Waals surface area (Å²) in [6.45, 7) is 4.39. The number of carbonyl (C=O) groups excluding carboxylic acids is 1. The lowest BCUT2D eigenvalue weighted by molar-refractivity contribution is -0.131. The van der Waals surface area contributed by atoms with E-state index in [1.807, 2.05) is 31.2 Å². The number of sulfonamides is 1. The number of rotatable bonds is 9. The molecule has 0 aliphatic heterocycles. The molecule has 0 spiro atoms. The molecule has 1 N–H and O–H groups in total. The summed E-state index contributed by atoms with van der Waals surface area (Å²) in [6.07, 6.45) is 0. The highest BCUT2D eigenvalue weighted by Gasteiger charge is 2.24. The Balaban J connectivity index is 1.99. The van der Waals surface area contributed by atoms with Crippen molar-refractivity contribution in [2.75, 3.05) is 20.8 Å². The highest BCUT2D eigenvalue weighted by Crippen LogP contribution is 2.16. The van der Waals surface area contributed by atoms with Crippen molar-refractivity contribution in [1.29, 1.82) is 0 Å². The van der Waals surface area contributed by atoms with Gasteiger partial charge in [-0.15, -0.1) is 0 Å². The van der Waals surface area contributed by atoms with E-state index < -0.39 is 16.1 Å². The van der Waals surface area contributed by atoms with Gasteiger partial charge in [-0.3, -0.25) is 4.79 Å². The van der Waals surface area contributed by atoms with Gasteiger partial charge in [0.2, 0.25) is 15.9 Å². The average molecular weight is 407 g/mol. The maximum Gasteiger partial charge on any atom is 0.241 e. The van der Waals surface area contributed by atoms with E-state index in [1.165, 1.54) is 31.1 Å². The molecule has 152 valence electrons. The second-order valence-corrected chi connectivity index (χ2v) is 8.00. The van der Waals surface area contributed by atoms with Crippen LogP contribution >= 0.6 is 0 Å². The number of methoxy groups -OCH3 is 1. The molecule has 7 nitrogen and oxygen atoms in total. The van der Waals surface area contributed by atoms with Gasteiger partial charge in [-0.05, 0) is 55.8 Å². The highest BCUT2D eigenvalue weighted by molar-refractivity contribution is 7.89. The highest BCUT2D eigenvalue weighted by atomic mass is 32.2. The van der Waals surface area contributed by atoms with Crippen molar-refractivity contribution < 1.29 is 22.7 Å². The van der Waals surface area contributed by atoms with Crippen LogP contribution < -0.4 is 14.2 Å². The molecule has 0 saturated heterocycles. The molecule has 8 heteroatoms.